The molecule has 1 saturated carbocycles. The standard InChI is InChI=1S/C24H29Cl2N3O4S/c1-17(24(31)27-20-8-6-7-9-20)28(15-18-12-13-19(25)14-22(18)26)23(30)16-29(34(2,32)33)21-10-4-3-5-11-21/h3-5,10-14,17,20H,6-9,15-16H2,1-2H3,(H,27,31)/t17-/m1/s1. The molecule has 0 heterocycles. The number of nitrogens with zero attached hydrogens (tertiary/aromatic N) is 2. The molecular formula is C24H29Cl2N3O4S. The Morgan fingerprint density at radius 3 is 2.32 bits per heavy atom. The number of hydrogen-bond acceptors (Lipinski definition) is 4. The molecule has 0 aliphatic heterocycles. The number of rotatable bonds is 9. The summed E-state index contributed by atoms with van der Waals surface area (Å²) in [4.78, 5) is 27.9. The second-order valence-electron chi connectivity index (χ2n) is 8.53. The summed E-state index contributed by atoms with van der Waals surface area (Å²) in [6.45, 7) is 1.22. The van der Waals surface area contributed by atoms with E-state index in [4.69, 9.17) is 23.2 Å². The molecule has 1 aliphatic carbocycles. The largest absolute Gasteiger partial charge is 0.352 e. The van der Waals surface area contributed by atoms with E-state index in [9.17, 15) is 18.0 Å². The van der Waals surface area contributed by atoms with Gasteiger partial charge in [-0.2, -0.15) is 0 Å². The van der Waals surface area contributed by atoms with E-state index in [-0.39, 0.29) is 18.5 Å². The molecule has 0 radical (unpaired) electrons. The zero-order valence-electron chi connectivity index (χ0n) is 19.2. The maximum Gasteiger partial charge on any atom is 0.244 e. The third-order valence-electron chi connectivity index (χ3n) is 5.95. The number of sulfonamides is 1. The number of halogens is 2. The number of hydrogen-bond donors (Lipinski definition) is 1. The number of benzene rings is 2. The van der Waals surface area contributed by atoms with Crippen molar-refractivity contribution in [3.05, 3.63) is 64.1 Å². The van der Waals surface area contributed by atoms with Gasteiger partial charge in [0.2, 0.25) is 21.8 Å². The van der Waals surface area contributed by atoms with Gasteiger partial charge in [-0.3, -0.25) is 13.9 Å². The first-order valence-corrected chi connectivity index (χ1v) is 13.7. The fourth-order valence-corrected chi connectivity index (χ4v) is 5.33. The molecule has 184 valence electrons. The Morgan fingerprint density at radius 1 is 1.09 bits per heavy atom. The Morgan fingerprint density at radius 2 is 1.74 bits per heavy atom. The molecule has 2 aromatic rings. The van der Waals surface area contributed by atoms with E-state index in [1.165, 1.54) is 4.90 Å². The van der Waals surface area contributed by atoms with Crippen LogP contribution < -0.4 is 9.62 Å². The quantitative estimate of drug-likeness (QED) is 0.530. The number of carbonyl (C=O) groups excluding carboxylic acids is 2. The van der Waals surface area contributed by atoms with Crippen molar-refractivity contribution >= 4 is 50.7 Å². The molecule has 2 amide bonds. The van der Waals surface area contributed by atoms with Crippen LogP contribution in [0.4, 0.5) is 5.69 Å². The van der Waals surface area contributed by atoms with Gasteiger partial charge >= 0.3 is 0 Å². The minimum absolute atomic E-state index is 0.0283. The van der Waals surface area contributed by atoms with Crippen molar-refractivity contribution < 1.29 is 18.0 Å². The molecule has 1 aliphatic rings. The third kappa shape index (κ3) is 6.87. The maximum absolute atomic E-state index is 13.5. The lowest BCUT2D eigenvalue weighted by molar-refractivity contribution is -0.139. The van der Waals surface area contributed by atoms with Gasteiger partial charge in [-0.25, -0.2) is 8.42 Å². The van der Waals surface area contributed by atoms with Crippen LogP contribution in [0.5, 0.6) is 0 Å². The van der Waals surface area contributed by atoms with Crippen molar-refractivity contribution in [3.63, 3.8) is 0 Å². The number of carbonyl (C=O) groups is 2. The number of nitrogens with one attached hydrogen (secondary N) is 1. The average Bonchev–Trinajstić information content (AvgIpc) is 3.29. The first-order chi connectivity index (χ1) is 16.1. The Kier molecular flexibility index (Phi) is 8.84. The minimum atomic E-state index is -3.76. The van der Waals surface area contributed by atoms with Crippen molar-refractivity contribution in [2.45, 2.75) is 51.2 Å². The van der Waals surface area contributed by atoms with Crippen molar-refractivity contribution in [2.75, 3.05) is 17.1 Å². The second-order valence-corrected chi connectivity index (χ2v) is 11.3. The fourth-order valence-electron chi connectivity index (χ4n) is 4.02. The van der Waals surface area contributed by atoms with Gasteiger partial charge in [-0.05, 0) is 49.6 Å². The van der Waals surface area contributed by atoms with Crippen molar-refractivity contribution in [1.29, 1.82) is 0 Å². The zero-order valence-corrected chi connectivity index (χ0v) is 21.5. The summed E-state index contributed by atoms with van der Waals surface area (Å²) in [5.41, 5.74) is 0.969. The number of para-hydroxylation sites is 1. The highest BCUT2D eigenvalue weighted by atomic mass is 35.5. The van der Waals surface area contributed by atoms with Crippen LogP contribution in [0.2, 0.25) is 10.0 Å². The van der Waals surface area contributed by atoms with Crippen LogP contribution in [0.3, 0.4) is 0 Å². The summed E-state index contributed by atoms with van der Waals surface area (Å²) >= 11 is 12.4. The van der Waals surface area contributed by atoms with Crippen LogP contribution in [-0.4, -0.2) is 50.0 Å². The van der Waals surface area contributed by atoms with E-state index >= 15 is 0 Å². The molecule has 1 fully saturated rings. The van der Waals surface area contributed by atoms with E-state index in [0.717, 1.165) is 36.2 Å². The maximum atomic E-state index is 13.5. The van der Waals surface area contributed by atoms with Gasteiger partial charge in [0.25, 0.3) is 0 Å². The normalized spacial score (nSPS) is 15.1. The fraction of sp³-hybridized carbons (Fsp3) is 0.417. The molecule has 0 spiro atoms. The molecular weight excluding hydrogens is 497 g/mol. The smallest absolute Gasteiger partial charge is 0.244 e. The highest BCUT2D eigenvalue weighted by Crippen LogP contribution is 2.25. The summed E-state index contributed by atoms with van der Waals surface area (Å²) in [7, 11) is -3.76. The predicted molar refractivity (Wildman–Crippen MR) is 136 cm³/mol. The Balaban J connectivity index is 1.89. The average molecular weight is 526 g/mol. The Bertz CT molecular complexity index is 1120. The van der Waals surface area contributed by atoms with Gasteiger partial charge in [0.1, 0.15) is 12.6 Å². The number of anilines is 1. The van der Waals surface area contributed by atoms with Crippen molar-refractivity contribution in [1.82, 2.24) is 10.2 Å². The summed E-state index contributed by atoms with van der Waals surface area (Å²) in [5, 5.41) is 3.83. The summed E-state index contributed by atoms with van der Waals surface area (Å²) in [6, 6.07) is 12.5. The molecule has 2 aromatic carbocycles. The lowest BCUT2D eigenvalue weighted by Crippen LogP contribution is -2.52. The van der Waals surface area contributed by atoms with Gasteiger partial charge in [0, 0.05) is 22.6 Å². The van der Waals surface area contributed by atoms with Gasteiger partial charge in [0.15, 0.2) is 0 Å². The number of amides is 2. The lowest BCUT2D eigenvalue weighted by Gasteiger charge is -2.32. The zero-order chi connectivity index (χ0) is 24.9. The van der Waals surface area contributed by atoms with Crippen molar-refractivity contribution in [3.8, 4) is 0 Å². The first-order valence-electron chi connectivity index (χ1n) is 11.1. The van der Waals surface area contributed by atoms with E-state index < -0.39 is 28.5 Å². The highest BCUT2D eigenvalue weighted by Gasteiger charge is 2.31. The van der Waals surface area contributed by atoms with Crippen LogP contribution >= 0.6 is 23.2 Å². The van der Waals surface area contributed by atoms with Crippen LogP contribution in [0.1, 0.15) is 38.2 Å². The molecule has 7 nitrogen and oxygen atoms in total. The second kappa shape index (κ2) is 11.4. The monoisotopic (exact) mass is 525 g/mol. The molecule has 1 atom stereocenters. The minimum Gasteiger partial charge on any atom is -0.352 e. The van der Waals surface area contributed by atoms with E-state index in [0.29, 0.717) is 21.3 Å². The van der Waals surface area contributed by atoms with Crippen LogP contribution in [0.25, 0.3) is 0 Å². The summed E-state index contributed by atoms with van der Waals surface area (Å²) in [5.74, 6) is -0.801. The summed E-state index contributed by atoms with van der Waals surface area (Å²) in [6.07, 6.45) is 4.98. The molecule has 0 aromatic heterocycles. The molecule has 1 N–H and O–H groups in total. The van der Waals surface area contributed by atoms with Crippen molar-refractivity contribution in [2.24, 2.45) is 0 Å². The molecule has 0 unspecified atom stereocenters. The Labute approximate surface area is 211 Å². The predicted octanol–water partition coefficient (Wildman–Crippen LogP) is 4.24. The topological polar surface area (TPSA) is 86.8 Å². The van der Waals surface area contributed by atoms with Gasteiger partial charge in [-0.15, -0.1) is 0 Å². The molecule has 0 bridgehead atoms. The van der Waals surface area contributed by atoms with Crippen LogP contribution in [0, 0.1) is 0 Å². The Hall–Kier alpha value is -2.29. The van der Waals surface area contributed by atoms with E-state index in [1.54, 1.807) is 55.5 Å². The van der Waals surface area contributed by atoms with Gasteiger partial charge < -0.3 is 10.2 Å². The highest BCUT2D eigenvalue weighted by molar-refractivity contribution is 7.92. The molecule has 0 saturated heterocycles. The first kappa shape index (κ1) is 26.3. The van der Waals surface area contributed by atoms with Gasteiger partial charge in [0.05, 0.1) is 11.9 Å². The SMILES string of the molecule is C[C@H](C(=O)NC1CCCC1)N(Cc1ccc(Cl)cc1Cl)C(=O)CN(c1ccccc1)S(C)(=O)=O. The van der Waals surface area contributed by atoms with Crippen LogP contribution in [-0.2, 0) is 26.2 Å². The summed E-state index contributed by atoms with van der Waals surface area (Å²) < 4.78 is 26.1. The van der Waals surface area contributed by atoms with Crippen LogP contribution in [0.15, 0.2) is 48.5 Å². The molecule has 34 heavy (non-hydrogen) atoms. The molecule has 10 heteroatoms. The lowest BCUT2D eigenvalue weighted by atomic mass is 10.1. The third-order valence-corrected chi connectivity index (χ3v) is 7.68. The van der Waals surface area contributed by atoms with E-state index in [1.807, 2.05) is 0 Å². The van der Waals surface area contributed by atoms with Gasteiger partial charge in [-0.1, -0.05) is 60.3 Å². The molecule has 3 rings (SSSR count). The van der Waals surface area contributed by atoms with E-state index in [2.05, 4.69) is 5.32 Å².